The number of carbonyl (C=O) groups is 1. The molecule has 2 aromatic rings. The Morgan fingerprint density at radius 3 is 2.78 bits per heavy atom. The lowest BCUT2D eigenvalue weighted by molar-refractivity contribution is -0.113. The first-order chi connectivity index (χ1) is 13.0. The second-order valence-electron chi connectivity index (χ2n) is 5.96. The first-order valence-electron chi connectivity index (χ1n) is 8.26. The van der Waals surface area contributed by atoms with Gasteiger partial charge in [0.2, 0.25) is 0 Å². The minimum Gasteiger partial charge on any atom is -0.495 e. The Morgan fingerprint density at radius 2 is 2.04 bits per heavy atom. The van der Waals surface area contributed by atoms with Gasteiger partial charge in [0.25, 0.3) is 5.91 Å². The molecule has 0 fully saturated rings. The lowest BCUT2D eigenvalue weighted by Crippen LogP contribution is -2.45. The molecule has 0 aromatic heterocycles. The summed E-state index contributed by atoms with van der Waals surface area (Å²) in [6, 6.07) is 15.9. The van der Waals surface area contributed by atoms with Crippen LogP contribution in [0.3, 0.4) is 0 Å². The van der Waals surface area contributed by atoms with E-state index in [1.165, 1.54) is 0 Å². The molecule has 1 atom stereocenters. The van der Waals surface area contributed by atoms with Crippen molar-refractivity contribution in [3.63, 3.8) is 0 Å². The highest BCUT2D eigenvalue weighted by molar-refractivity contribution is 7.80. The van der Waals surface area contributed by atoms with E-state index in [9.17, 15) is 10.1 Å². The number of rotatable bonds is 4. The molecule has 0 radical (unpaired) electrons. The third-order valence-corrected chi connectivity index (χ3v) is 4.44. The molecule has 1 heterocycles. The molecule has 0 unspecified atom stereocenters. The van der Waals surface area contributed by atoms with E-state index in [0.717, 1.165) is 5.56 Å². The maximum atomic E-state index is 13.1. The van der Waals surface area contributed by atoms with Gasteiger partial charge in [-0.1, -0.05) is 24.3 Å². The van der Waals surface area contributed by atoms with Crippen LogP contribution in [0.4, 0.5) is 5.69 Å². The van der Waals surface area contributed by atoms with Crippen molar-refractivity contribution in [3.05, 3.63) is 70.9 Å². The van der Waals surface area contributed by atoms with Gasteiger partial charge in [0.05, 0.1) is 36.0 Å². The van der Waals surface area contributed by atoms with Crippen molar-refractivity contribution in [1.29, 1.82) is 5.26 Å². The molecule has 27 heavy (non-hydrogen) atoms. The zero-order chi connectivity index (χ0) is 19.4. The molecule has 136 valence electrons. The van der Waals surface area contributed by atoms with E-state index in [1.807, 2.05) is 18.2 Å². The van der Waals surface area contributed by atoms with Crippen molar-refractivity contribution in [1.82, 2.24) is 10.6 Å². The molecule has 0 spiro atoms. The van der Waals surface area contributed by atoms with Gasteiger partial charge < -0.3 is 20.7 Å². The number of hydrogen-bond donors (Lipinski definition) is 3. The highest BCUT2D eigenvalue weighted by Gasteiger charge is 2.30. The summed E-state index contributed by atoms with van der Waals surface area (Å²) in [7, 11) is 1.55. The molecule has 3 rings (SSSR count). The quantitative estimate of drug-likeness (QED) is 0.709. The van der Waals surface area contributed by atoms with E-state index in [4.69, 9.17) is 17.0 Å². The zero-order valence-corrected chi connectivity index (χ0v) is 15.7. The van der Waals surface area contributed by atoms with Gasteiger partial charge in [-0.2, -0.15) is 5.26 Å². The number of anilines is 1. The molecular formula is C20H18N4O2S. The standard InChI is InChI=1S/C20H18N4O2S/c1-12-17(19(25)23-15-8-3-4-9-16(15)26-2)18(24-20(27)22-12)14-7-5-6-13(10-14)11-21/h3-10,18H,1-2H3,(H,23,25)(H2,22,24,27)/t18-/m1/s1. The highest BCUT2D eigenvalue weighted by Crippen LogP contribution is 2.30. The highest BCUT2D eigenvalue weighted by atomic mass is 32.1. The Morgan fingerprint density at radius 1 is 1.26 bits per heavy atom. The van der Waals surface area contributed by atoms with Gasteiger partial charge in [0.15, 0.2) is 5.11 Å². The van der Waals surface area contributed by atoms with Crippen LogP contribution in [0.15, 0.2) is 59.8 Å². The van der Waals surface area contributed by atoms with Crippen molar-refractivity contribution >= 4 is 28.9 Å². The van der Waals surface area contributed by atoms with Crippen LogP contribution >= 0.6 is 12.2 Å². The first-order valence-corrected chi connectivity index (χ1v) is 8.67. The smallest absolute Gasteiger partial charge is 0.255 e. The summed E-state index contributed by atoms with van der Waals surface area (Å²) in [5.41, 5.74) is 3.01. The van der Waals surface area contributed by atoms with Gasteiger partial charge in [-0.15, -0.1) is 0 Å². The molecule has 1 aliphatic heterocycles. The van der Waals surface area contributed by atoms with Crippen LogP contribution in [-0.4, -0.2) is 18.1 Å². The number of ether oxygens (including phenoxy) is 1. The Labute approximate surface area is 162 Å². The molecule has 7 heteroatoms. The number of hydrogen-bond acceptors (Lipinski definition) is 4. The molecule has 3 N–H and O–H groups in total. The van der Waals surface area contributed by atoms with Crippen molar-refractivity contribution < 1.29 is 9.53 Å². The number of carbonyl (C=O) groups excluding carboxylic acids is 1. The Hall–Kier alpha value is -3.37. The number of para-hydroxylation sites is 2. The fraction of sp³-hybridized carbons (Fsp3) is 0.150. The van der Waals surface area contributed by atoms with E-state index >= 15 is 0 Å². The topological polar surface area (TPSA) is 86.2 Å². The van der Waals surface area contributed by atoms with E-state index in [0.29, 0.717) is 33.4 Å². The van der Waals surface area contributed by atoms with Crippen LogP contribution in [0.5, 0.6) is 5.75 Å². The van der Waals surface area contributed by atoms with Gasteiger partial charge in [0, 0.05) is 5.70 Å². The number of amides is 1. The minimum absolute atomic E-state index is 0.285. The summed E-state index contributed by atoms with van der Waals surface area (Å²) in [4.78, 5) is 13.1. The summed E-state index contributed by atoms with van der Waals surface area (Å²) >= 11 is 5.26. The van der Waals surface area contributed by atoms with Gasteiger partial charge in [-0.05, 0) is 49.0 Å². The van der Waals surface area contributed by atoms with Crippen LogP contribution in [0.2, 0.25) is 0 Å². The monoisotopic (exact) mass is 378 g/mol. The number of benzene rings is 2. The van der Waals surface area contributed by atoms with Gasteiger partial charge in [-0.25, -0.2) is 0 Å². The Bertz CT molecular complexity index is 978. The number of nitriles is 1. The molecule has 0 saturated heterocycles. The molecular weight excluding hydrogens is 360 g/mol. The minimum atomic E-state index is -0.471. The molecule has 0 bridgehead atoms. The van der Waals surface area contributed by atoms with Crippen LogP contribution in [0.1, 0.15) is 24.1 Å². The number of methoxy groups -OCH3 is 1. The molecule has 1 amide bonds. The number of nitrogens with zero attached hydrogens (tertiary/aromatic N) is 1. The Kier molecular flexibility index (Phi) is 5.38. The van der Waals surface area contributed by atoms with Crippen molar-refractivity contribution in [2.24, 2.45) is 0 Å². The van der Waals surface area contributed by atoms with Crippen molar-refractivity contribution in [3.8, 4) is 11.8 Å². The molecule has 0 aliphatic carbocycles. The van der Waals surface area contributed by atoms with E-state index < -0.39 is 6.04 Å². The maximum absolute atomic E-state index is 13.1. The summed E-state index contributed by atoms with van der Waals surface area (Å²) in [6.45, 7) is 1.80. The molecule has 6 nitrogen and oxygen atoms in total. The van der Waals surface area contributed by atoms with Crippen molar-refractivity contribution in [2.75, 3.05) is 12.4 Å². The van der Waals surface area contributed by atoms with Gasteiger partial charge >= 0.3 is 0 Å². The summed E-state index contributed by atoms with van der Waals surface area (Å²) < 4.78 is 5.30. The van der Waals surface area contributed by atoms with Gasteiger partial charge in [0.1, 0.15) is 5.75 Å². The second kappa shape index (κ2) is 7.89. The summed E-state index contributed by atoms with van der Waals surface area (Å²) in [6.07, 6.45) is 0. The average molecular weight is 378 g/mol. The molecule has 0 saturated carbocycles. The lowest BCUT2D eigenvalue weighted by Gasteiger charge is -2.30. The van der Waals surface area contributed by atoms with Crippen molar-refractivity contribution in [2.45, 2.75) is 13.0 Å². The normalized spacial score (nSPS) is 16.0. The predicted molar refractivity (Wildman–Crippen MR) is 107 cm³/mol. The zero-order valence-electron chi connectivity index (χ0n) is 14.9. The maximum Gasteiger partial charge on any atom is 0.255 e. The number of nitrogens with one attached hydrogen (secondary N) is 3. The Balaban J connectivity index is 1.98. The fourth-order valence-electron chi connectivity index (χ4n) is 2.97. The van der Waals surface area contributed by atoms with Crippen LogP contribution < -0.4 is 20.7 Å². The third kappa shape index (κ3) is 3.91. The first kappa shape index (κ1) is 18.4. The van der Waals surface area contributed by atoms with Crippen LogP contribution in [0, 0.1) is 11.3 Å². The summed E-state index contributed by atoms with van der Waals surface area (Å²) in [5.74, 6) is 0.284. The second-order valence-corrected chi connectivity index (χ2v) is 6.37. The van der Waals surface area contributed by atoms with E-state index in [1.54, 1.807) is 44.4 Å². The largest absolute Gasteiger partial charge is 0.495 e. The summed E-state index contributed by atoms with van der Waals surface area (Å²) in [5, 5.41) is 18.6. The lowest BCUT2D eigenvalue weighted by atomic mass is 9.94. The number of thiocarbonyl (C=S) groups is 1. The predicted octanol–water partition coefficient (Wildman–Crippen LogP) is 3.00. The van der Waals surface area contributed by atoms with Crippen LogP contribution in [-0.2, 0) is 4.79 Å². The SMILES string of the molecule is COc1ccccc1NC(=O)C1=C(C)NC(=S)N[C@@H]1c1cccc(C#N)c1. The van der Waals surface area contributed by atoms with E-state index in [-0.39, 0.29) is 5.91 Å². The van der Waals surface area contributed by atoms with Crippen LogP contribution in [0.25, 0.3) is 0 Å². The molecule has 2 aromatic carbocycles. The van der Waals surface area contributed by atoms with Gasteiger partial charge in [-0.3, -0.25) is 4.79 Å². The number of allylic oxidation sites excluding steroid dienone is 1. The third-order valence-electron chi connectivity index (χ3n) is 4.22. The van der Waals surface area contributed by atoms with E-state index in [2.05, 4.69) is 22.0 Å². The average Bonchev–Trinajstić information content (AvgIpc) is 2.67. The fourth-order valence-corrected chi connectivity index (χ4v) is 3.24. The molecule has 1 aliphatic rings.